The van der Waals surface area contributed by atoms with Crippen LogP contribution in [0.4, 0.5) is 4.79 Å². The number of thiophene rings is 1. The number of nitrogens with zero attached hydrogens (tertiary/aromatic N) is 2. The molecule has 0 aromatic carbocycles. The second-order valence-corrected chi connectivity index (χ2v) is 9.38. The molecule has 0 unspecified atom stereocenters. The molecule has 1 spiro atoms. The maximum absolute atomic E-state index is 12.7. The van der Waals surface area contributed by atoms with Crippen molar-refractivity contribution >= 4 is 35.1 Å². The number of likely N-dealkylation sites (tertiary alicyclic amines) is 1. The second kappa shape index (κ2) is 9.35. The lowest BCUT2D eigenvalue weighted by Crippen LogP contribution is -2.51. The quantitative estimate of drug-likeness (QED) is 0.574. The topological polar surface area (TPSA) is 111 Å². The van der Waals surface area contributed by atoms with E-state index in [-0.39, 0.29) is 30.2 Å². The zero-order chi connectivity index (χ0) is 21.8. The number of carbonyl (C=O) groups is 4. The minimum Gasteiger partial charge on any atom is -0.349 e. The normalized spacial score (nSPS) is 21.9. The predicted octanol–water partition coefficient (Wildman–Crippen LogP) is 1.62. The van der Waals surface area contributed by atoms with E-state index in [9.17, 15) is 19.2 Å². The van der Waals surface area contributed by atoms with E-state index in [1.807, 2.05) is 16.8 Å². The highest BCUT2D eigenvalue weighted by atomic mass is 32.1. The summed E-state index contributed by atoms with van der Waals surface area (Å²) in [6, 6.07) is 1.41. The maximum atomic E-state index is 12.7. The molecule has 3 aliphatic rings. The fourth-order valence-corrected chi connectivity index (χ4v) is 5.26. The summed E-state index contributed by atoms with van der Waals surface area (Å²) in [7, 11) is 0. The van der Waals surface area contributed by atoms with Gasteiger partial charge < -0.3 is 15.5 Å². The van der Waals surface area contributed by atoms with E-state index in [4.69, 9.17) is 0 Å². The zero-order valence-electron chi connectivity index (χ0n) is 17.5. The standard InChI is InChI=1S/C21H29N5O4S/c27-17(24-26-19(29)21(23-20(26)30)8-2-1-3-9-21)6-12-25-10-4-16(5-11-25)22-18(28)15-7-13-31-14-15/h7,13-14,16H,1-6,8-12H2,(H,22,28)(H,23,30)(H,24,27). The van der Waals surface area contributed by atoms with Crippen molar-refractivity contribution in [3.63, 3.8) is 0 Å². The third kappa shape index (κ3) is 4.90. The molecule has 10 heteroatoms. The Bertz CT molecular complexity index is 829. The van der Waals surface area contributed by atoms with Crippen molar-refractivity contribution in [3.05, 3.63) is 22.4 Å². The summed E-state index contributed by atoms with van der Waals surface area (Å²) in [6.07, 6.45) is 5.97. The molecule has 168 valence electrons. The van der Waals surface area contributed by atoms with Crippen LogP contribution in [0.3, 0.4) is 0 Å². The Morgan fingerprint density at radius 3 is 2.58 bits per heavy atom. The first-order chi connectivity index (χ1) is 15.0. The highest BCUT2D eigenvalue weighted by Gasteiger charge is 2.52. The molecule has 1 aromatic heterocycles. The first-order valence-electron chi connectivity index (χ1n) is 11.0. The van der Waals surface area contributed by atoms with E-state index >= 15 is 0 Å². The van der Waals surface area contributed by atoms with Crippen LogP contribution in [0.25, 0.3) is 0 Å². The Hall–Kier alpha value is -2.46. The Kier molecular flexibility index (Phi) is 6.57. The van der Waals surface area contributed by atoms with Gasteiger partial charge in [-0.05, 0) is 37.1 Å². The third-order valence-corrected chi connectivity index (χ3v) is 7.15. The number of hydrogen-bond donors (Lipinski definition) is 3. The van der Waals surface area contributed by atoms with E-state index in [1.54, 1.807) is 0 Å². The van der Waals surface area contributed by atoms with Crippen LogP contribution in [-0.2, 0) is 9.59 Å². The summed E-state index contributed by atoms with van der Waals surface area (Å²) in [4.78, 5) is 51.7. The van der Waals surface area contributed by atoms with Gasteiger partial charge in [0.1, 0.15) is 5.54 Å². The van der Waals surface area contributed by atoms with E-state index in [2.05, 4.69) is 21.0 Å². The molecule has 31 heavy (non-hydrogen) atoms. The number of rotatable bonds is 6. The maximum Gasteiger partial charge on any atom is 0.344 e. The minimum atomic E-state index is -0.835. The molecule has 5 amide bonds. The summed E-state index contributed by atoms with van der Waals surface area (Å²) < 4.78 is 0. The molecule has 2 saturated heterocycles. The van der Waals surface area contributed by atoms with Crippen molar-refractivity contribution in [1.82, 2.24) is 26.0 Å². The zero-order valence-corrected chi connectivity index (χ0v) is 18.3. The van der Waals surface area contributed by atoms with Gasteiger partial charge in [-0.3, -0.25) is 19.8 Å². The lowest BCUT2D eigenvalue weighted by atomic mass is 9.82. The van der Waals surface area contributed by atoms with E-state index in [1.165, 1.54) is 11.3 Å². The molecular formula is C21H29N5O4S. The van der Waals surface area contributed by atoms with Crippen molar-refractivity contribution in [3.8, 4) is 0 Å². The number of amides is 5. The summed E-state index contributed by atoms with van der Waals surface area (Å²) in [6.45, 7) is 2.12. The molecule has 4 rings (SSSR count). The largest absolute Gasteiger partial charge is 0.349 e. The van der Waals surface area contributed by atoms with Crippen LogP contribution < -0.4 is 16.1 Å². The molecule has 3 N–H and O–H groups in total. The first kappa shape index (κ1) is 21.8. The first-order valence-corrected chi connectivity index (χ1v) is 11.9. The highest BCUT2D eigenvalue weighted by molar-refractivity contribution is 7.08. The van der Waals surface area contributed by atoms with Gasteiger partial charge in [-0.1, -0.05) is 19.3 Å². The molecule has 0 atom stereocenters. The molecule has 3 heterocycles. The van der Waals surface area contributed by atoms with Crippen molar-refractivity contribution < 1.29 is 19.2 Å². The fraction of sp³-hybridized carbons (Fsp3) is 0.619. The molecule has 1 aromatic rings. The lowest BCUT2D eigenvalue weighted by molar-refractivity contribution is -0.140. The van der Waals surface area contributed by atoms with Crippen molar-refractivity contribution in [2.45, 2.75) is 62.9 Å². The van der Waals surface area contributed by atoms with Gasteiger partial charge in [0, 0.05) is 43.0 Å². The van der Waals surface area contributed by atoms with Crippen LogP contribution in [0, 0.1) is 0 Å². The summed E-state index contributed by atoms with van der Waals surface area (Å²) in [5, 5.41) is 10.4. The molecule has 0 radical (unpaired) electrons. The number of imide groups is 1. The number of carbonyl (C=O) groups excluding carboxylic acids is 4. The molecule has 1 saturated carbocycles. The minimum absolute atomic E-state index is 0.0385. The van der Waals surface area contributed by atoms with Crippen LogP contribution in [0.5, 0.6) is 0 Å². The Labute approximate surface area is 185 Å². The van der Waals surface area contributed by atoms with Gasteiger partial charge in [-0.2, -0.15) is 16.3 Å². The number of piperidine rings is 1. The SMILES string of the molecule is O=C(CCN1CCC(NC(=O)c2ccsc2)CC1)NN1C(=O)NC2(CCCCC2)C1=O. The monoisotopic (exact) mass is 447 g/mol. The Morgan fingerprint density at radius 1 is 1.16 bits per heavy atom. The second-order valence-electron chi connectivity index (χ2n) is 8.60. The predicted molar refractivity (Wildman–Crippen MR) is 115 cm³/mol. The molecule has 0 bridgehead atoms. The van der Waals surface area contributed by atoms with E-state index < -0.39 is 11.6 Å². The third-order valence-electron chi connectivity index (χ3n) is 6.47. The highest BCUT2D eigenvalue weighted by Crippen LogP contribution is 2.33. The van der Waals surface area contributed by atoms with Crippen LogP contribution >= 0.6 is 11.3 Å². The molecular weight excluding hydrogens is 418 g/mol. The average Bonchev–Trinajstić information content (AvgIpc) is 3.38. The van der Waals surface area contributed by atoms with Crippen LogP contribution in [0.2, 0.25) is 0 Å². The van der Waals surface area contributed by atoms with Gasteiger partial charge in [-0.15, -0.1) is 0 Å². The molecule has 2 aliphatic heterocycles. The van der Waals surface area contributed by atoms with Gasteiger partial charge in [0.05, 0.1) is 0 Å². The average molecular weight is 448 g/mol. The Balaban J connectivity index is 1.18. The molecule has 9 nitrogen and oxygen atoms in total. The van der Waals surface area contributed by atoms with Gasteiger partial charge in [0.2, 0.25) is 5.91 Å². The van der Waals surface area contributed by atoms with Gasteiger partial charge in [-0.25, -0.2) is 4.79 Å². The fourth-order valence-electron chi connectivity index (χ4n) is 4.62. The van der Waals surface area contributed by atoms with Crippen molar-refractivity contribution in [2.75, 3.05) is 19.6 Å². The number of nitrogens with one attached hydrogen (secondary N) is 3. The van der Waals surface area contributed by atoms with Gasteiger partial charge in [0.15, 0.2) is 0 Å². The molecule has 1 aliphatic carbocycles. The molecule has 3 fully saturated rings. The van der Waals surface area contributed by atoms with Crippen molar-refractivity contribution in [1.29, 1.82) is 0 Å². The summed E-state index contributed by atoms with van der Waals surface area (Å²) >= 11 is 1.50. The van der Waals surface area contributed by atoms with Crippen LogP contribution in [0.1, 0.15) is 61.7 Å². The number of hydrogen-bond acceptors (Lipinski definition) is 6. The number of urea groups is 1. The smallest absolute Gasteiger partial charge is 0.344 e. The van der Waals surface area contributed by atoms with E-state index in [0.717, 1.165) is 50.2 Å². The van der Waals surface area contributed by atoms with Crippen LogP contribution in [-0.4, -0.2) is 64.9 Å². The van der Waals surface area contributed by atoms with E-state index in [0.29, 0.717) is 24.9 Å². The van der Waals surface area contributed by atoms with Gasteiger partial charge >= 0.3 is 6.03 Å². The summed E-state index contributed by atoms with van der Waals surface area (Å²) in [5.41, 5.74) is 2.35. The summed E-state index contributed by atoms with van der Waals surface area (Å²) in [5.74, 6) is -0.722. The lowest BCUT2D eigenvalue weighted by Gasteiger charge is -2.32. The Morgan fingerprint density at radius 2 is 1.90 bits per heavy atom. The van der Waals surface area contributed by atoms with Gasteiger partial charge in [0.25, 0.3) is 11.8 Å². The number of hydrazine groups is 1. The van der Waals surface area contributed by atoms with Crippen molar-refractivity contribution in [2.24, 2.45) is 0 Å². The van der Waals surface area contributed by atoms with Crippen LogP contribution in [0.15, 0.2) is 16.8 Å².